The molecule has 118 valence electrons. The van der Waals surface area contributed by atoms with E-state index in [0.29, 0.717) is 12.5 Å². The largest absolute Gasteiger partial charge is 0.381 e. The average molecular weight is 308 g/mol. The molecule has 0 aromatic rings. The van der Waals surface area contributed by atoms with E-state index in [2.05, 4.69) is 10.6 Å². The molecule has 6 nitrogen and oxygen atoms in total. The van der Waals surface area contributed by atoms with E-state index in [1.165, 1.54) is 0 Å². The fraction of sp³-hybridized carbons (Fsp3) is 0.846. The Morgan fingerprint density at radius 3 is 2.40 bits per heavy atom. The number of nitrogens with one attached hydrogen (secondary N) is 2. The molecule has 4 N–H and O–H groups in total. The lowest BCUT2D eigenvalue weighted by molar-refractivity contribution is -0.127. The maximum absolute atomic E-state index is 11.6. The van der Waals surface area contributed by atoms with Crippen LogP contribution in [0.5, 0.6) is 0 Å². The highest BCUT2D eigenvalue weighted by Gasteiger charge is 2.18. The van der Waals surface area contributed by atoms with Crippen LogP contribution >= 0.6 is 12.4 Å². The molecule has 1 rings (SSSR count). The molecule has 20 heavy (non-hydrogen) atoms. The third kappa shape index (κ3) is 7.07. The SMILES string of the molecule is CC(C)[C@H](N)C(=O)NCC(=O)NCC1CCOCC1.Cl. The number of rotatable bonds is 6. The summed E-state index contributed by atoms with van der Waals surface area (Å²) in [5.41, 5.74) is 5.68. The van der Waals surface area contributed by atoms with E-state index in [4.69, 9.17) is 10.5 Å². The van der Waals surface area contributed by atoms with Crippen LogP contribution in [-0.4, -0.2) is 44.2 Å². The van der Waals surface area contributed by atoms with E-state index in [1.54, 1.807) is 0 Å². The first kappa shape index (κ1) is 19.1. The van der Waals surface area contributed by atoms with Gasteiger partial charge in [0.15, 0.2) is 0 Å². The van der Waals surface area contributed by atoms with Crippen LogP contribution in [0.4, 0.5) is 0 Å². The molecule has 0 spiro atoms. The first-order valence-electron chi connectivity index (χ1n) is 6.88. The molecule has 0 aliphatic carbocycles. The molecule has 1 fully saturated rings. The van der Waals surface area contributed by atoms with Crippen LogP contribution in [0.3, 0.4) is 0 Å². The molecule has 0 saturated carbocycles. The first-order valence-corrected chi connectivity index (χ1v) is 6.88. The van der Waals surface area contributed by atoms with Gasteiger partial charge in [-0.1, -0.05) is 13.8 Å². The Bertz CT molecular complexity index is 307. The van der Waals surface area contributed by atoms with E-state index in [1.807, 2.05) is 13.8 Å². The molecular weight excluding hydrogens is 282 g/mol. The van der Waals surface area contributed by atoms with E-state index in [0.717, 1.165) is 26.1 Å². The zero-order valence-electron chi connectivity index (χ0n) is 12.2. The molecule has 1 atom stereocenters. The van der Waals surface area contributed by atoms with E-state index in [9.17, 15) is 9.59 Å². The number of halogens is 1. The van der Waals surface area contributed by atoms with E-state index in [-0.39, 0.29) is 36.7 Å². The van der Waals surface area contributed by atoms with Gasteiger partial charge in [-0.15, -0.1) is 12.4 Å². The quantitative estimate of drug-likeness (QED) is 0.646. The molecule has 1 aliphatic rings. The van der Waals surface area contributed by atoms with Crippen molar-refractivity contribution < 1.29 is 14.3 Å². The molecule has 7 heteroatoms. The smallest absolute Gasteiger partial charge is 0.239 e. The van der Waals surface area contributed by atoms with Crippen LogP contribution in [-0.2, 0) is 14.3 Å². The fourth-order valence-electron chi connectivity index (χ4n) is 1.86. The Balaban J connectivity index is 0.00000361. The van der Waals surface area contributed by atoms with Crippen LogP contribution in [0.15, 0.2) is 0 Å². The number of hydrogen-bond donors (Lipinski definition) is 3. The lowest BCUT2D eigenvalue weighted by atomic mass is 10.0. The number of amides is 2. The van der Waals surface area contributed by atoms with Crippen LogP contribution in [0.2, 0.25) is 0 Å². The highest BCUT2D eigenvalue weighted by Crippen LogP contribution is 2.12. The molecule has 0 bridgehead atoms. The second-order valence-corrected chi connectivity index (χ2v) is 5.35. The van der Waals surface area contributed by atoms with Crippen molar-refractivity contribution in [1.29, 1.82) is 0 Å². The van der Waals surface area contributed by atoms with Gasteiger partial charge in [-0.3, -0.25) is 9.59 Å². The van der Waals surface area contributed by atoms with Crippen molar-refractivity contribution in [3.8, 4) is 0 Å². The predicted octanol–water partition coefficient (Wildman–Crippen LogP) is 0.0505. The molecule has 1 aliphatic heterocycles. The van der Waals surface area contributed by atoms with E-state index < -0.39 is 6.04 Å². The van der Waals surface area contributed by atoms with Gasteiger partial charge in [0.05, 0.1) is 12.6 Å². The molecule has 0 radical (unpaired) electrons. The summed E-state index contributed by atoms with van der Waals surface area (Å²) in [5, 5.41) is 5.38. The molecule has 1 saturated heterocycles. The maximum Gasteiger partial charge on any atom is 0.239 e. The normalized spacial score (nSPS) is 17.2. The number of nitrogens with two attached hydrogens (primary N) is 1. The van der Waals surface area contributed by atoms with Crippen molar-refractivity contribution in [2.45, 2.75) is 32.7 Å². The zero-order valence-corrected chi connectivity index (χ0v) is 13.0. The lowest BCUT2D eigenvalue weighted by Gasteiger charge is -2.22. The minimum Gasteiger partial charge on any atom is -0.381 e. The van der Waals surface area contributed by atoms with Crippen LogP contribution in [0.25, 0.3) is 0 Å². The molecule has 2 amide bonds. The second kappa shape index (κ2) is 9.96. The maximum atomic E-state index is 11.6. The predicted molar refractivity (Wildman–Crippen MR) is 79.6 cm³/mol. The second-order valence-electron chi connectivity index (χ2n) is 5.35. The van der Waals surface area contributed by atoms with E-state index >= 15 is 0 Å². The van der Waals surface area contributed by atoms with Gasteiger partial charge < -0.3 is 21.1 Å². The zero-order chi connectivity index (χ0) is 14.3. The van der Waals surface area contributed by atoms with Crippen molar-refractivity contribution in [1.82, 2.24) is 10.6 Å². The summed E-state index contributed by atoms with van der Waals surface area (Å²) in [5.74, 6) is 0.0867. The molecule has 0 aromatic carbocycles. The van der Waals surface area contributed by atoms with Gasteiger partial charge in [-0.2, -0.15) is 0 Å². The molecule has 1 heterocycles. The Hall–Kier alpha value is -0.850. The van der Waals surface area contributed by atoms with Crippen molar-refractivity contribution in [2.24, 2.45) is 17.6 Å². The monoisotopic (exact) mass is 307 g/mol. The standard InChI is InChI=1S/C13H25N3O3.ClH/c1-9(2)12(14)13(18)16-8-11(17)15-7-10-3-5-19-6-4-10;/h9-10,12H,3-8,14H2,1-2H3,(H,15,17)(H,16,18);1H/t12-;/m0./s1. The average Bonchev–Trinajstić information content (AvgIpc) is 2.42. The number of carbonyl (C=O) groups excluding carboxylic acids is 2. The topological polar surface area (TPSA) is 93.5 Å². The Morgan fingerprint density at radius 1 is 1.25 bits per heavy atom. The Labute approximate surface area is 126 Å². The fourth-order valence-corrected chi connectivity index (χ4v) is 1.86. The molecular formula is C13H26ClN3O3. The summed E-state index contributed by atoms with van der Waals surface area (Å²) in [4.78, 5) is 23.1. The third-order valence-electron chi connectivity index (χ3n) is 3.37. The molecule has 0 unspecified atom stereocenters. The van der Waals surface area contributed by atoms with Gasteiger partial charge in [-0.25, -0.2) is 0 Å². The van der Waals surface area contributed by atoms with Gasteiger partial charge in [0.1, 0.15) is 0 Å². The van der Waals surface area contributed by atoms with Crippen molar-refractivity contribution >= 4 is 24.2 Å². The summed E-state index contributed by atoms with van der Waals surface area (Å²) in [6.07, 6.45) is 1.95. The molecule has 0 aromatic heterocycles. The summed E-state index contributed by atoms with van der Waals surface area (Å²) < 4.78 is 5.25. The number of hydrogen-bond acceptors (Lipinski definition) is 4. The van der Waals surface area contributed by atoms with Gasteiger partial charge in [-0.05, 0) is 24.7 Å². The van der Waals surface area contributed by atoms with Crippen molar-refractivity contribution in [3.63, 3.8) is 0 Å². The first-order chi connectivity index (χ1) is 9.00. The Morgan fingerprint density at radius 2 is 1.85 bits per heavy atom. The highest BCUT2D eigenvalue weighted by molar-refractivity contribution is 5.87. The van der Waals surface area contributed by atoms with Crippen molar-refractivity contribution in [3.05, 3.63) is 0 Å². The van der Waals surface area contributed by atoms with Crippen LogP contribution in [0, 0.1) is 11.8 Å². The van der Waals surface area contributed by atoms with Gasteiger partial charge >= 0.3 is 0 Å². The van der Waals surface area contributed by atoms with Crippen LogP contribution in [0.1, 0.15) is 26.7 Å². The summed E-state index contributed by atoms with van der Waals surface area (Å²) in [7, 11) is 0. The van der Waals surface area contributed by atoms with Gasteiger partial charge in [0.2, 0.25) is 11.8 Å². The minimum absolute atomic E-state index is 0. The van der Waals surface area contributed by atoms with Gasteiger partial charge in [0, 0.05) is 19.8 Å². The Kier molecular flexibility index (Phi) is 9.54. The number of carbonyl (C=O) groups is 2. The number of ether oxygens (including phenoxy) is 1. The third-order valence-corrected chi connectivity index (χ3v) is 3.37. The summed E-state index contributed by atoms with van der Waals surface area (Å²) in [6.45, 7) is 5.91. The minimum atomic E-state index is -0.566. The van der Waals surface area contributed by atoms with Crippen LogP contribution < -0.4 is 16.4 Å². The summed E-state index contributed by atoms with van der Waals surface area (Å²) >= 11 is 0. The highest BCUT2D eigenvalue weighted by atomic mass is 35.5. The lowest BCUT2D eigenvalue weighted by Crippen LogP contribution is -2.47. The summed E-state index contributed by atoms with van der Waals surface area (Å²) in [6, 6.07) is -0.566. The van der Waals surface area contributed by atoms with Crippen molar-refractivity contribution in [2.75, 3.05) is 26.3 Å². The van der Waals surface area contributed by atoms with Gasteiger partial charge in [0.25, 0.3) is 0 Å².